The molecule has 10 nitrogen and oxygen atoms in total. The largest absolute Gasteiger partial charge is 0.459 e. The molecular weight excluding hydrogens is 426 g/mol. The summed E-state index contributed by atoms with van der Waals surface area (Å²) in [7, 11) is 3.51. The molecule has 1 fully saturated rings. The van der Waals surface area contributed by atoms with E-state index in [1.54, 1.807) is 0 Å². The Kier molecular flexibility index (Phi) is 6.75. The number of carbonyl (C=O) groups excluding carboxylic acids is 3. The Morgan fingerprint density at radius 3 is 2.41 bits per heavy atom. The van der Waals surface area contributed by atoms with Crippen LogP contribution in [0.3, 0.4) is 0 Å². The fourth-order valence-corrected chi connectivity index (χ4v) is 4.19. The van der Waals surface area contributed by atoms with Crippen molar-refractivity contribution >= 4 is 44.2 Å². The molecule has 29 heavy (non-hydrogen) atoms. The third-order valence-electron chi connectivity index (χ3n) is 4.16. The Morgan fingerprint density at radius 2 is 2.00 bits per heavy atom. The average Bonchev–Trinajstić information content (AvgIpc) is 2.62. The van der Waals surface area contributed by atoms with Gasteiger partial charge in [0.15, 0.2) is 16.1 Å². The standard InChI is InChI=1S/C17H18ClN3O7S/c1-10(2)15(20-14(23)8-17(20,29(18)27)19-11(3)22)16(24)28-9-12-4-6-13(7-5-12)21(25)26/h4-7,15H,1,8-9H2,2-3H3,(H,19,22). The Morgan fingerprint density at radius 1 is 1.41 bits per heavy atom. The smallest absolute Gasteiger partial charge is 0.333 e. The molecule has 12 heteroatoms. The molecule has 0 bridgehead atoms. The van der Waals surface area contributed by atoms with E-state index < -0.39 is 43.8 Å². The molecule has 0 saturated carbocycles. The molecule has 0 radical (unpaired) electrons. The molecule has 1 aliphatic heterocycles. The van der Waals surface area contributed by atoms with Crippen molar-refractivity contribution in [2.24, 2.45) is 0 Å². The minimum Gasteiger partial charge on any atom is -0.459 e. The van der Waals surface area contributed by atoms with Crippen LogP contribution in [0.4, 0.5) is 5.69 Å². The van der Waals surface area contributed by atoms with Gasteiger partial charge in [-0.2, -0.15) is 0 Å². The zero-order valence-corrected chi connectivity index (χ0v) is 17.1. The zero-order chi connectivity index (χ0) is 21.9. The van der Waals surface area contributed by atoms with Gasteiger partial charge in [0.05, 0.1) is 11.3 Å². The number of nitro groups is 1. The average molecular weight is 444 g/mol. The first-order valence-corrected chi connectivity index (χ1v) is 10.2. The number of halogens is 1. The Bertz CT molecular complexity index is 905. The molecule has 156 valence electrons. The first-order chi connectivity index (χ1) is 13.5. The van der Waals surface area contributed by atoms with Crippen molar-refractivity contribution in [3.05, 3.63) is 52.1 Å². The Balaban J connectivity index is 2.21. The van der Waals surface area contributed by atoms with Crippen LogP contribution in [0.25, 0.3) is 0 Å². The molecule has 1 aromatic rings. The van der Waals surface area contributed by atoms with Gasteiger partial charge in [-0.25, -0.2) is 9.00 Å². The van der Waals surface area contributed by atoms with Crippen molar-refractivity contribution < 1.29 is 28.3 Å². The van der Waals surface area contributed by atoms with E-state index in [-0.39, 0.29) is 24.3 Å². The molecule has 1 saturated heterocycles. The minimum absolute atomic E-state index is 0.115. The van der Waals surface area contributed by atoms with Gasteiger partial charge in [-0.05, 0) is 40.9 Å². The summed E-state index contributed by atoms with van der Waals surface area (Å²) < 4.78 is 17.3. The predicted molar refractivity (Wildman–Crippen MR) is 104 cm³/mol. The number of benzene rings is 1. The highest BCUT2D eigenvalue weighted by Crippen LogP contribution is 2.38. The summed E-state index contributed by atoms with van der Waals surface area (Å²) in [5, 5.41) is 13.1. The van der Waals surface area contributed by atoms with E-state index in [9.17, 15) is 28.7 Å². The lowest BCUT2D eigenvalue weighted by molar-refractivity contribution is -0.384. The molecule has 1 N–H and O–H groups in total. The molecule has 0 aliphatic carbocycles. The quantitative estimate of drug-likeness (QED) is 0.160. The summed E-state index contributed by atoms with van der Waals surface area (Å²) in [5.41, 5.74) is 0.577. The summed E-state index contributed by atoms with van der Waals surface area (Å²) in [6, 6.07) is 4.04. The number of carbonyl (C=O) groups is 3. The van der Waals surface area contributed by atoms with E-state index in [1.165, 1.54) is 31.2 Å². The second-order valence-corrected chi connectivity index (χ2v) is 8.37. The number of β-lactam (4-membered cyclic amide) rings is 1. The second-order valence-electron chi connectivity index (χ2n) is 6.41. The van der Waals surface area contributed by atoms with Crippen LogP contribution in [0.5, 0.6) is 0 Å². The van der Waals surface area contributed by atoms with Crippen LogP contribution in [0.1, 0.15) is 25.8 Å². The lowest BCUT2D eigenvalue weighted by Gasteiger charge is -2.51. The molecule has 0 aromatic heterocycles. The number of hydrogen-bond donors (Lipinski definition) is 1. The highest BCUT2D eigenvalue weighted by Gasteiger charge is 2.60. The van der Waals surface area contributed by atoms with Gasteiger partial charge in [0.1, 0.15) is 6.61 Å². The van der Waals surface area contributed by atoms with E-state index in [0.717, 1.165) is 11.8 Å². The maximum Gasteiger partial charge on any atom is 0.333 e. The topological polar surface area (TPSA) is 136 Å². The summed E-state index contributed by atoms with van der Waals surface area (Å²) in [4.78, 5) is 45.7. The van der Waals surface area contributed by atoms with Gasteiger partial charge >= 0.3 is 5.97 Å². The van der Waals surface area contributed by atoms with Crippen molar-refractivity contribution in [2.75, 3.05) is 0 Å². The van der Waals surface area contributed by atoms with E-state index >= 15 is 0 Å². The van der Waals surface area contributed by atoms with Gasteiger partial charge in [0, 0.05) is 19.1 Å². The summed E-state index contributed by atoms with van der Waals surface area (Å²) >= 11 is 0. The van der Waals surface area contributed by atoms with Crippen LogP contribution < -0.4 is 5.32 Å². The highest BCUT2D eigenvalue weighted by molar-refractivity contribution is 8.09. The number of hydrogen-bond acceptors (Lipinski definition) is 7. The van der Waals surface area contributed by atoms with Gasteiger partial charge in [-0.1, -0.05) is 6.58 Å². The van der Waals surface area contributed by atoms with E-state index in [4.69, 9.17) is 15.4 Å². The van der Waals surface area contributed by atoms with Gasteiger partial charge in [-0.3, -0.25) is 24.6 Å². The van der Waals surface area contributed by atoms with E-state index in [2.05, 4.69) is 11.9 Å². The third kappa shape index (κ3) is 4.62. The number of ether oxygens (including phenoxy) is 1. The first kappa shape index (κ1) is 22.5. The molecule has 0 spiro atoms. The normalized spacial score (nSPS) is 20.2. The fourth-order valence-electron chi connectivity index (χ4n) is 2.87. The zero-order valence-electron chi connectivity index (χ0n) is 15.5. The van der Waals surface area contributed by atoms with Crippen LogP contribution in [-0.2, 0) is 35.7 Å². The number of amides is 2. The Hall–Kier alpha value is -2.79. The maximum absolute atomic E-state index is 12.7. The SMILES string of the molecule is C=C(C)C(C(=O)OCc1ccc([N+](=O)[O-])cc1)N1C(=O)CC1(NC(C)=O)S(=O)Cl. The summed E-state index contributed by atoms with van der Waals surface area (Å²) in [6.45, 7) is 6.09. The number of likely N-dealkylation sites (tertiary alicyclic amines) is 1. The molecule has 2 rings (SSSR count). The monoisotopic (exact) mass is 443 g/mol. The molecular formula is C17H18ClN3O7S. The lowest BCUT2D eigenvalue weighted by atomic mass is 9.99. The second kappa shape index (κ2) is 8.70. The molecule has 3 unspecified atom stereocenters. The molecule has 1 heterocycles. The van der Waals surface area contributed by atoms with Crippen molar-refractivity contribution in [2.45, 2.75) is 37.9 Å². The number of nitrogens with one attached hydrogen (secondary N) is 1. The van der Waals surface area contributed by atoms with Crippen LogP contribution in [-0.4, -0.2) is 42.9 Å². The van der Waals surface area contributed by atoms with Crippen LogP contribution in [0, 0.1) is 10.1 Å². The Labute approximate surface area is 172 Å². The van der Waals surface area contributed by atoms with Crippen molar-refractivity contribution in [3.63, 3.8) is 0 Å². The molecule has 1 aliphatic rings. The van der Waals surface area contributed by atoms with E-state index in [1.807, 2.05) is 0 Å². The molecule has 2 amide bonds. The summed E-state index contributed by atoms with van der Waals surface area (Å²) in [6.07, 6.45) is -0.345. The van der Waals surface area contributed by atoms with Gasteiger partial charge in [0.25, 0.3) is 5.69 Å². The van der Waals surface area contributed by atoms with Crippen LogP contribution in [0.2, 0.25) is 0 Å². The predicted octanol–water partition coefficient (Wildman–Crippen LogP) is 1.51. The molecule has 3 atom stereocenters. The van der Waals surface area contributed by atoms with Crippen molar-refractivity contribution in [1.29, 1.82) is 0 Å². The van der Waals surface area contributed by atoms with Crippen molar-refractivity contribution in [3.8, 4) is 0 Å². The number of rotatable bonds is 8. The minimum atomic E-state index is -2.22. The van der Waals surface area contributed by atoms with Crippen LogP contribution in [0.15, 0.2) is 36.4 Å². The lowest BCUT2D eigenvalue weighted by Crippen LogP contribution is -2.76. The van der Waals surface area contributed by atoms with Crippen molar-refractivity contribution in [1.82, 2.24) is 10.2 Å². The number of non-ortho nitro benzene ring substituents is 1. The molecule has 1 aromatic carbocycles. The van der Waals surface area contributed by atoms with Gasteiger partial charge < -0.3 is 10.1 Å². The number of nitro benzene ring substituents is 1. The fraction of sp³-hybridized carbons (Fsp3) is 0.353. The van der Waals surface area contributed by atoms with Gasteiger partial charge in [0.2, 0.25) is 16.8 Å². The first-order valence-electron chi connectivity index (χ1n) is 8.24. The maximum atomic E-state index is 12.7. The summed E-state index contributed by atoms with van der Waals surface area (Å²) in [5.74, 6) is -2.02. The highest BCUT2D eigenvalue weighted by atomic mass is 35.7. The van der Waals surface area contributed by atoms with Gasteiger partial charge in [-0.15, -0.1) is 0 Å². The third-order valence-corrected chi connectivity index (χ3v) is 5.90. The number of nitrogens with zero attached hydrogens (tertiary/aromatic N) is 2. The van der Waals surface area contributed by atoms with Crippen LogP contribution >= 0.6 is 10.7 Å². The van der Waals surface area contributed by atoms with E-state index in [0.29, 0.717) is 5.56 Å². The number of esters is 1.